The zero-order chi connectivity index (χ0) is 12.1. The van der Waals surface area contributed by atoms with Gasteiger partial charge in [0.15, 0.2) is 6.79 Å². The summed E-state index contributed by atoms with van der Waals surface area (Å²) in [6.45, 7) is 0.283. The van der Waals surface area contributed by atoms with E-state index in [1.807, 2.05) is 32.1 Å². The average molecular weight is 226 g/mol. The van der Waals surface area contributed by atoms with Crippen molar-refractivity contribution in [2.75, 3.05) is 13.9 Å². The summed E-state index contributed by atoms with van der Waals surface area (Å²) in [7, 11) is 3.66. The highest BCUT2D eigenvalue weighted by atomic mass is 16.7. The lowest BCUT2D eigenvalue weighted by Gasteiger charge is -2.10. The van der Waals surface area contributed by atoms with E-state index in [1.54, 1.807) is 7.11 Å². The number of methoxy groups -OCH3 is 1. The highest BCUT2D eigenvalue weighted by molar-refractivity contribution is 6.34. The third-order valence-electron chi connectivity index (χ3n) is 2.61. The molecule has 0 atom stereocenters. The van der Waals surface area contributed by atoms with Crippen molar-refractivity contribution >= 4 is 13.3 Å². The zero-order valence-corrected chi connectivity index (χ0v) is 10.1. The summed E-state index contributed by atoms with van der Waals surface area (Å²) in [5.41, 5.74) is 3.53. The van der Waals surface area contributed by atoms with Crippen molar-refractivity contribution in [3.63, 3.8) is 0 Å². The fourth-order valence-corrected chi connectivity index (χ4v) is 1.74. The Morgan fingerprint density at radius 2 is 1.76 bits per heavy atom. The molecule has 0 amide bonds. The Morgan fingerprint density at radius 3 is 2.41 bits per heavy atom. The van der Waals surface area contributed by atoms with E-state index in [0.717, 1.165) is 11.2 Å². The van der Waals surface area contributed by atoms with E-state index >= 15 is 0 Å². The zero-order valence-electron chi connectivity index (χ0n) is 10.1. The van der Waals surface area contributed by atoms with Crippen LogP contribution in [0.5, 0.6) is 5.75 Å². The van der Waals surface area contributed by atoms with Gasteiger partial charge in [-0.3, -0.25) is 0 Å². The van der Waals surface area contributed by atoms with Crippen LogP contribution in [-0.2, 0) is 4.74 Å². The number of hydrogen-bond donors (Lipinski definition) is 0. The van der Waals surface area contributed by atoms with Crippen LogP contribution >= 0.6 is 0 Å². The molecule has 0 heterocycles. The molecule has 0 aliphatic heterocycles. The van der Waals surface area contributed by atoms with Crippen molar-refractivity contribution in [2.45, 2.75) is 0 Å². The molecule has 0 aliphatic rings. The van der Waals surface area contributed by atoms with E-state index in [4.69, 9.17) is 9.47 Å². The molecule has 2 nitrogen and oxygen atoms in total. The van der Waals surface area contributed by atoms with Gasteiger partial charge >= 0.3 is 0 Å². The van der Waals surface area contributed by atoms with Crippen molar-refractivity contribution in [1.82, 2.24) is 0 Å². The summed E-state index contributed by atoms with van der Waals surface area (Å²) in [4.78, 5) is 0. The van der Waals surface area contributed by atoms with Gasteiger partial charge in [0, 0.05) is 7.11 Å². The minimum atomic E-state index is 0.283. The summed E-state index contributed by atoms with van der Waals surface area (Å²) in [5.74, 6) is 0.867. The molecule has 0 aromatic heterocycles. The number of hydrogen-bond acceptors (Lipinski definition) is 2. The molecule has 0 saturated carbocycles. The van der Waals surface area contributed by atoms with Gasteiger partial charge in [-0.2, -0.15) is 0 Å². The summed E-state index contributed by atoms with van der Waals surface area (Å²) in [6.07, 6.45) is 0. The van der Waals surface area contributed by atoms with Crippen LogP contribution in [0, 0.1) is 0 Å². The van der Waals surface area contributed by atoms with Crippen LogP contribution < -0.4 is 10.2 Å². The van der Waals surface area contributed by atoms with E-state index in [2.05, 4.69) is 24.3 Å². The molecule has 0 saturated heterocycles. The molecule has 0 spiro atoms. The fourth-order valence-electron chi connectivity index (χ4n) is 1.74. The van der Waals surface area contributed by atoms with Crippen LogP contribution in [0.1, 0.15) is 0 Å². The second kappa shape index (κ2) is 5.55. The van der Waals surface area contributed by atoms with Gasteiger partial charge in [-0.05, 0) is 22.7 Å². The standard InChI is InChI=1S/C14H15BO2/c1-16-10-17-14-8-7-12(9-13(14)15)11-5-3-2-4-6-11/h2-9H,10,15H2,1H3. The van der Waals surface area contributed by atoms with Gasteiger partial charge in [0.05, 0.1) is 0 Å². The fraction of sp³-hybridized carbons (Fsp3) is 0.143. The van der Waals surface area contributed by atoms with Crippen molar-refractivity contribution in [3.8, 4) is 16.9 Å². The van der Waals surface area contributed by atoms with Crippen molar-refractivity contribution < 1.29 is 9.47 Å². The minimum absolute atomic E-state index is 0.283. The Morgan fingerprint density at radius 1 is 1.00 bits per heavy atom. The van der Waals surface area contributed by atoms with E-state index in [0.29, 0.717) is 0 Å². The topological polar surface area (TPSA) is 18.5 Å². The van der Waals surface area contributed by atoms with E-state index in [1.165, 1.54) is 11.1 Å². The Balaban J connectivity index is 2.25. The molecule has 3 heteroatoms. The molecule has 2 aromatic carbocycles. The first-order valence-corrected chi connectivity index (χ1v) is 5.59. The summed E-state index contributed by atoms with van der Waals surface area (Å²) in [5, 5.41) is 0. The first kappa shape index (κ1) is 11.7. The van der Waals surface area contributed by atoms with E-state index < -0.39 is 0 Å². The maximum absolute atomic E-state index is 5.45. The molecule has 0 radical (unpaired) electrons. The predicted octanol–water partition coefficient (Wildman–Crippen LogP) is 1.59. The molecule has 17 heavy (non-hydrogen) atoms. The molecule has 0 fully saturated rings. The van der Waals surface area contributed by atoms with E-state index in [-0.39, 0.29) is 6.79 Å². The maximum atomic E-state index is 5.45. The third kappa shape index (κ3) is 2.89. The SMILES string of the molecule is Bc1cc(-c2ccccc2)ccc1OCOC. The minimum Gasteiger partial charge on any atom is -0.468 e. The normalized spacial score (nSPS) is 10.2. The molecule has 0 unspecified atom stereocenters. The van der Waals surface area contributed by atoms with Crippen LogP contribution in [0.25, 0.3) is 11.1 Å². The molecule has 86 valence electrons. The molecule has 2 aromatic rings. The predicted molar refractivity (Wildman–Crippen MR) is 72.6 cm³/mol. The van der Waals surface area contributed by atoms with Crippen molar-refractivity contribution in [1.29, 1.82) is 0 Å². The van der Waals surface area contributed by atoms with Gasteiger partial charge in [0.25, 0.3) is 0 Å². The van der Waals surface area contributed by atoms with Gasteiger partial charge in [-0.1, -0.05) is 42.5 Å². The summed E-state index contributed by atoms with van der Waals surface area (Å²) >= 11 is 0. The Bertz CT molecular complexity index is 483. The van der Waals surface area contributed by atoms with Crippen LogP contribution in [-0.4, -0.2) is 21.7 Å². The van der Waals surface area contributed by atoms with Crippen molar-refractivity contribution in [2.24, 2.45) is 0 Å². The van der Waals surface area contributed by atoms with Crippen LogP contribution in [0.4, 0.5) is 0 Å². The van der Waals surface area contributed by atoms with Crippen molar-refractivity contribution in [3.05, 3.63) is 48.5 Å². The molecule has 0 aliphatic carbocycles. The first-order chi connectivity index (χ1) is 8.31. The smallest absolute Gasteiger partial charge is 0.188 e. The van der Waals surface area contributed by atoms with Crippen LogP contribution in [0.3, 0.4) is 0 Å². The monoisotopic (exact) mass is 226 g/mol. The first-order valence-electron chi connectivity index (χ1n) is 5.59. The Hall–Kier alpha value is -1.74. The molecular weight excluding hydrogens is 211 g/mol. The second-order valence-electron chi connectivity index (χ2n) is 3.90. The van der Waals surface area contributed by atoms with Crippen LogP contribution in [0.2, 0.25) is 0 Å². The van der Waals surface area contributed by atoms with Gasteiger partial charge in [0.2, 0.25) is 0 Å². The number of rotatable bonds is 4. The highest BCUT2D eigenvalue weighted by Crippen LogP contribution is 2.20. The van der Waals surface area contributed by atoms with Gasteiger partial charge in [0.1, 0.15) is 13.6 Å². The lowest BCUT2D eigenvalue weighted by Crippen LogP contribution is -2.11. The molecule has 0 bridgehead atoms. The van der Waals surface area contributed by atoms with Gasteiger partial charge < -0.3 is 9.47 Å². The lowest BCUT2D eigenvalue weighted by molar-refractivity contribution is 0.0519. The second-order valence-corrected chi connectivity index (χ2v) is 3.90. The summed E-state index contributed by atoms with van der Waals surface area (Å²) in [6, 6.07) is 16.5. The molecule has 0 N–H and O–H groups in total. The van der Waals surface area contributed by atoms with E-state index in [9.17, 15) is 0 Å². The maximum Gasteiger partial charge on any atom is 0.188 e. The Labute approximate surface area is 103 Å². The number of benzene rings is 2. The van der Waals surface area contributed by atoms with Gasteiger partial charge in [-0.15, -0.1) is 0 Å². The molecular formula is C14H15BO2. The quantitative estimate of drug-likeness (QED) is 0.582. The van der Waals surface area contributed by atoms with Crippen LogP contribution in [0.15, 0.2) is 48.5 Å². The van der Waals surface area contributed by atoms with Gasteiger partial charge in [-0.25, -0.2) is 0 Å². The highest BCUT2D eigenvalue weighted by Gasteiger charge is 2.02. The lowest BCUT2D eigenvalue weighted by atomic mass is 9.91. The number of ether oxygens (including phenoxy) is 2. The summed E-state index contributed by atoms with van der Waals surface area (Å²) < 4.78 is 10.3. The molecule has 2 rings (SSSR count). The third-order valence-corrected chi connectivity index (χ3v) is 2.61. The average Bonchev–Trinajstić information content (AvgIpc) is 2.38. The largest absolute Gasteiger partial charge is 0.468 e. The Kier molecular flexibility index (Phi) is 3.83.